The van der Waals surface area contributed by atoms with Gasteiger partial charge in [0.1, 0.15) is 5.75 Å². The second-order valence-corrected chi connectivity index (χ2v) is 7.18. The van der Waals surface area contributed by atoms with Crippen molar-refractivity contribution >= 4 is 16.1 Å². The summed E-state index contributed by atoms with van der Waals surface area (Å²) in [6, 6.07) is 7.57. The summed E-state index contributed by atoms with van der Waals surface area (Å²) in [5, 5.41) is 2.65. The van der Waals surface area contributed by atoms with Crippen molar-refractivity contribution in [3.8, 4) is 5.75 Å². The Morgan fingerprint density at radius 3 is 2.48 bits per heavy atom. The summed E-state index contributed by atoms with van der Waals surface area (Å²) in [5.41, 5.74) is 0.925. The van der Waals surface area contributed by atoms with Gasteiger partial charge in [0.25, 0.3) is 10.2 Å². The Bertz CT molecular complexity index is 610. The molecular formula is C15H23N3O4S. The zero-order chi connectivity index (χ0) is 16.7. The lowest BCUT2D eigenvalue weighted by molar-refractivity contribution is -0.120. The summed E-state index contributed by atoms with van der Waals surface area (Å²) < 4.78 is 32.4. The van der Waals surface area contributed by atoms with Crippen molar-refractivity contribution in [1.29, 1.82) is 0 Å². The molecular weight excluding hydrogens is 318 g/mol. The molecule has 23 heavy (non-hydrogen) atoms. The molecule has 1 amide bonds. The minimum absolute atomic E-state index is 0.300. The third-order valence-electron chi connectivity index (χ3n) is 3.71. The van der Waals surface area contributed by atoms with Crippen LogP contribution in [0.25, 0.3) is 0 Å². The van der Waals surface area contributed by atoms with Gasteiger partial charge >= 0.3 is 0 Å². The van der Waals surface area contributed by atoms with Crippen molar-refractivity contribution in [2.75, 3.05) is 13.6 Å². The normalized spacial score (nSPS) is 15.5. The zero-order valence-corrected chi connectivity index (χ0v) is 14.0. The van der Waals surface area contributed by atoms with Gasteiger partial charge in [-0.1, -0.05) is 12.1 Å². The fourth-order valence-corrected chi connectivity index (χ4v) is 2.85. The minimum Gasteiger partial charge on any atom is -0.490 e. The Hall–Kier alpha value is -1.64. The smallest absolute Gasteiger partial charge is 0.277 e. The fourth-order valence-electron chi connectivity index (χ4n) is 2.38. The van der Waals surface area contributed by atoms with Crippen LogP contribution in [0.5, 0.6) is 5.75 Å². The molecule has 1 saturated carbocycles. The van der Waals surface area contributed by atoms with Crippen molar-refractivity contribution < 1.29 is 17.9 Å². The number of hydrogen-bond donors (Lipinski definition) is 3. The summed E-state index contributed by atoms with van der Waals surface area (Å²) in [6.07, 6.45) is 5.00. The molecule has 7 nitrogen and oxygen atoms in total. The molecule has 0 radical (unpaired) electrons. The number of carbonyl (C=O) groups is 1. The predicted octanol–water partition coefficient (Wildman–Crippen LogP) is 0.678. The molecule has 0 aliphatic heterocycles. The fraction of sp³-hybridized carbons (Fsp3) is 0.533. The highest BCUT2D eigenvalue weighted by atomic mass is 32.2. The van der Waals surface area contributed by atoms with E-state index in [0.717, 1.165) is 24.2 Å². The molecule has 0 spiro atoms. The molecule has 1 aliphatic rings. The minimum atomic E-state index is -3.59. The number of hydrogen-bond acceptors (Lipinski definition) is 4. The van der Waals surface area contributed by atoms with Crippen LogP contribution >= 0.6 is 0 Å². The predicted molar refractivity (Wildman–Crippen MR) is 87.2 cm³/mol. The molecule has 1 aromatic rings. The van der Waals surface area contributed by atoms with Gasteiger partial charge in [-0.25, -0.2) is 4.72 Å². The van der Waals surface area contributed by atoms with Crippen molar-refractivity contribution in [3.05, 3.63) is 29.8 Å². The molecule has 3 N–H and O–H groups in total. The van der Waals surface area contributed by atoms with Crippen LogP contribution in [0.15, 0.2) is 24.3 Å². The van der Waals surface area contributed by atoms with E-state index in [2.05, 4.69) is 14.8 Å². The lowest BCUT2D eigenvalue weighted by atomic mass is 10.2. The van der Waals surface area contributed by atoms with Crippen LogP contribution in [0.1, 0.15) is 31.2 Å². The second-order valence-electron chi connectivity index (χ2n) is 5.47. The van der Waals surface area contributed by atoms with E-state index >= 15 is 0 Å². The van der Waals surface area contributed by atoms with Gasteiger partial charge < -0.3 is 10.1 Å². The van der Waals surface area contributed by atoms with Crippen molar-refractivity contribution in [2.24, 2.45) is 0 Å². The largest absolute Gasteiger partial charge is 0.490 e. The first-order valence-electron chi connectivity index (χ1n) is 7.69. The van der Waals surface area contributed by atoms with Gasteiger partial charge in [-0.3, -0.25) is 4.79 Å². The van der Waals surface area contributed by atoms with Gasteiger partial charge in [0.05, 0.1) is 12.6 Å². The van der Waals surface area contributed by atoms with Crippen LogP contribution in [0.4, 0.5) is 0 Å². The molecule has 2 rings (SSSR count). The highest BCUT2D eigenvalue weighted by Gasteiger charge is 2.16. The second kappa shape index (κ2) is 8.28. The van der Waals surface area contributed by atoms with E-state index in [-0.39, 0.29) is 6.54 Å². The summed E-state index contributed by atoms with van der Waals surface area (Å²) in [7, 11) is -2.32. The first-order valence-corrected chi connectivity index (χ1v) is 9.17. The van der Waals surface area contributed by atoms with E-state index in [0.29, 0.717) is 12.6 Å². The van der Waals surface area contributed by atoms with E-state index in [4.69, 9.17) is 4.74 Å². The van der Waals surface area contributed by atoms with Crippen molar-refractivity contribution in [1.82, 2.24) is 14.8 Å². The molecule has 1 fully saturated rings. The van der Waals surface area contributed by atoms with Crippen LogP contribution in [0.3, 0.4) is 0 Å². The maximum atomic E-state index is 11.6. The van der Waals surface area contributed by atoms with Crippen LogP contribution < -0.4 is 19.5 Å². The molecule has 0 bridgehead atoms. The SMILES string of the molecule is CNS(=O)(=O)NCC(=O)NCc1ccc(OC2CCCC2)cc1. The number of rotatable bonds is 8. The summed E-state index contributed by atoms with van der Waals surface area (Å²) in [5.74, 6) is 0.448. The summed E-state index contributed by atoms with van der Waals surface area (Å²) >= 11 is 0. The number of carbonyl (C=O) groups excluding carboxylic acids is 1. The highest BCUT2D eigenvalue weighted by molar-refractivity contribution is 7.87. The van der Waals surface area contributed by atoms with Gasteiger partial charge in [-0.15, -0.1) is 0 Å². The lowest BCUT2D eigenvalue weighted by Crippen LogP contribution is -2.41. The van der Waals surface area contributed by atoms with Crippen LogP contribution in [-0.2, 0) is 21.5 Å². The van der Waals surface area contributed by atoms with Gasteiger partial charge in [0.2, 0.25) is 5.91 Å². The van der Waals surface area contributed by atoms with E-state index in [1.807, 2.05) is 24.3 Å². The lowest BCUT2D eigenvalue weighted by Gasteiger charge is -2.13. The average molecular weight is 341 g/mol. The molecule has 128 valence electrons. The van der Waals surface area contributed by atoms with Crippen molar-refractivity contribution in [3.63, 3.8) is 0 Å². The monoisotopic (exact) mass is 341 g/mol. The van der Waals surface area contributed by atoms with E-state index < -0.39 is 16.1 Å². The molecule has 0 heterocycles. The van der Waals surface area contributed by atoms with Crippen LogP contribution in [-0.4, -0.2) is 34.0 Å². The van der Waals surface area contributed by atoms with Crippen LogP contribution in [0, 0.1) is 0 Å². The summed E-state index contributed by atoms with van der Waals surface area (Å²) in [6.45, 7) is 0.0376. The Balaban J connectivity index is 1.74. The molecule has 1 aliphatic carbocycles. The topological polar surface area (TPSA) is 96.5 Å². The number of amides is 1. The molecule has 0 atom stereocenters. The summed E-state index contributed by atoms with van der Waals surface area (Å²) in [4.78, 5) is 11.6. The third-order valence-corrected chi connectivity index (χ3v) is 4.77. The third kappa shape index (κ3) is 6.17. The molecule has 0 unspecified atom stereocenters. The first-order chi connectivity index (χ1) is 11.0. The Morgan fingerprint density at radius 1 is 1.22 bits per heavy atom. The maximum Gasteiger partial charge on any atom is 0.277 e. The standard InChI is InChI=1S/C15H23N3O4S/c1-16-23(20,21)18-11-15(19)17-10-12-6-8-14(9-7-12)22-13-4-2-3-5-13/h6-9,13,16,18H,2-5,10-11H2,1H3,(H,17,19). The average Bonchev–Trinajstić information content (AvgIpc) is 3.05. The van der Waals surface area contributed by atoms with E-state index in [1.165, 1.54) is 19.9 Å². The van der Waals surface area contributed by atoms with Crippen molar-refractivity contribution in [2.45, 2.75) is 38.3 Å². The first kappa shape index (κ1) is 17.7. The van der Waals surface area contributed by atoms with Gasteiger partial charge in [-0.05, 0) is 43.4 Å². The zero-order valence-electron chi connectivity index (χ0n) is 13.2. The van der Waals surface area contributed by atoms with Gasteiger partial charge in [0, 0.05) is 13.6 Å². The quantitative estimate of drug-likeness (QED) is 0.648. The number of nitrogens with one attached hydrogen (secondary N) is 3. The molecule has 0 aromatic heterocycles. The maximum absolute atomic E-state index is 11.6. The number of ether oxygens (including phenoxy) is 1. The molecule has 0 saturated heterocycles. The van der Waals surface area contributed by atoms with E-state index in [1.54, 1.807) is 0 Å². The highest BCUT2D eigenvalue weighted by Crippen LogP contribution is 2.24. The van der Waals surface area contributed by atoms with E-state index in [9.17, 15) is 13.2 Å². The number of benzene rings is 1. The molecule has 1 aromatic carbocycles. The Labute approximate surface area is 137 Å². The van der Waals surface area contributed by atoms with Crippen LogP contribution in [0.2, 0.25) is 0 Å². The molecule has 8 heteroatoms. The van der Waals surface area contributed by atoms with Gasteiger partial charge in [-0.2, -0.15) is 13.1 Å². The van der Waals surface area contributed by atoms with Gasteiger partial charge in [0.15, 0.2) is 0 Å². The Morgan fingerprint density at radius 2 is 1.87 bits per heavy atom. The Kier molecular flexibility index (Phi) is 6.37.